The summed E-state index contributed by atoms with van der Waals surface area (Å²) in [5, 5.41) is 3.26. The Morgan fingerprint density at radius 1 is 1.47 bits per heavy atom. The molecule has 1 fully saturated rings. The highest BCUT2D eigenvalue weighted by atomic mass is 35.5. The summed E-state index contributed by atoms with van der Waals surface area (Å²) in [4.78, 5) is 11.6. The minimum absolute atomic E-state index is 0.130. The van der Waals surface area contributed by atoms with Crippen molar-refractivity contribution < 1.29 is 0 Å². The van der Waals surface area contributed by atoms with Crippen molar-refractivity contribution in [3.05, 3.63) is 5.28 Å². The van der Waals surface area contributed by atoms with Crippen LogP contribution in [0.25, 0.3) is 0 Å². The maximum absolute atomic E-state index is 5.66. The molecule has 0 amide bonds. The molecule has 0 radical (unpaired) electrons. The van der Waals surface area contributed by atoms with Crippen LogP contribution in [-0.2, 0) is 0 Å². The molecule has 82 valence electrons. The second-order valence-corrected chi connectivity index (χ2v) is 4.88. The van der Waals surface area contributed by atoms with E-state index >= 15 is 0 Å². The number of halogens is 1. The molecular weight excluding hydrogens is 234 g/mol. The van der Waals surface area contributed by atoms with Crippen LogP contribution in [0.2, 0.25) is 5.28 Å². The Morgan fingerprint density at radius 2 is 2.33 bits per heavy atom. The smallest absolute Gasteiger partial charge is 0.228 e. The number of nitrogens with two attached hydrogens (primary N) is 1. The van der Waals surface area contributed by atoms with Gasteiger partial charge in [0.15, 0.2) is 0 Å². The molecule has 1 saturated heterocycles. The third-order valence-electron chi connectivity index (χ3n) is 2.20. The SMILES string of the molecule is Nc1nc(Cl)nc(NCC2CCSC2)n1. The van der Waals surface area contributed by atoms with Crippen LogP contribution in [0.4, 0.5) is 11.9 Å². The van der Waals surface area contributed by atoms with Crippen molar-refractivity contribution in [2.75, 3.05) is 29.1 Å². The first kappa shape index (κ1) is 10.8. The highest BCUT2D eigenvalue weighted by Gasteiger charge is 2.15. The van der Waals surface area contributed by atoms with E-state index in [0.717, 1.165) is 6.54 Å². The van der Waals surface area contributed by atoms with E-state index in [0.29, 0.717) is 11.9 Å². The quantitative estimate of drug-likeness (QED) is 0.835. The zero-order valence-electron chi connectivity index (χ0n) is 8.11. The summed E-state index contributed by atoms with van der Waals surface area (Å²) in [5.74, 6) is 3.74. The highest BCUT2D eigenvalue weighted by Crippen LogP contribution is 2.23. The van der Waals surface area contributed by atoms with Crippen molar-refractivity contribution in [2.45, 2.75) is 6.42 Å². The fourth-order valence-corrected chi connectivity index (χ4v) is 2.88. The lowest BCUT2D eigenvalue weighted by Crippen LogP contribution is -2.16. The lowest BCUT2D eigenvalue weighted by Gasteiger charge is -2.09. The molecule has 1 aliphatic heterocycles. The van der Waals surface area contributed by atoms with Gasteiger partial charge in [-0.05, 0) is 35.4 Å². The number of hydrogen-bond acceptors (Lipinski definition) is 6. The van der Waals surface area contributed by atoms with Crippen LogP contribution < -0.4 is 11.1 Å². The Bertz CT molecular complexity index is 322. The summed E-state index contributed by atoms with van der Waals surface area (Å²) in [6.07, 6.45) is 1.24. The monoisotopic (exact) mass is 245 g/mol. The minimum atomic E-state index is 0.130. The first-order valence-electron chi connectivity index (χ1n) is 4.72. The Hall–Kier alpha value is -0.750. The first-order chi connectivity index (χ1) is 7.24. The number of nitrogen functional groups attached to an aromatic ring is 1. The van der Waals surface area contributed by atoms with Crippen LogP contribution in [-0.4, -0.2) is 33.0 Å². The lowest BCUT2D eigenvalue weighted by molar-refractivity contribution is 0.628. The molecule has 0 saturated carbocycles. The van der Waals surface area contributed by atoms with Crippen LogP contribution >= 0.6 is 23.4 Å². The summed E-state index contributed by atoms with van der Waals surface area (Å²) in [7, 11) is 0. The van der Waals surface area contributed by atoms with Crippen molar-refractivity contribution in [1.29, 1.82) is 0 Å². The molecule has 1 aromatic heterocycles. The number of nitrogens with zero attached hydrogens (tertiary/aromatic N) is 3. The fraction of sp³-hybridized carbons (Fsp3) is 0.625. The average molecular weight is 246 g/mol. The Morgan fingerprint density at radius 3 is 3.00 bits per heavy atom. The number of thioether (sulfide) groups is 1. The molecule has 2 rings (SSSR count). The van der Waals surface area contributed by atoms with E-state index in [-0.39, 0.29) is 11.2 Å². The first-order valence-corrected chi connectivity index (χ1v) is 6.26. The predicted molar refractivity (Wildman–Crippen MR) is 63.2 cm³/mol. The molecule has 1 aromatic rings. The highest BCUT2D eigenvalue weighted by molar-refractivity contribution is 7.99. The predicted octanol–water partition coefficient (Wildman–Crippen LogP) is 1.27. The second kappa shape index (κ2) is 4.85. The molecule has 1 aliphatic rings. The van der Waals surface area contributed by atoms with E-state index < -0.39 is 0 Å². The van der Waals surface area contributed by atoms with E-state index in [4.69, 9.17) is 17.3 Å². The number of anilines is 2. The number of aromatic nitrogens is 3. The molecule has 7 heteroatoms. The van der Waals surface area contributed by atoms with Crippen LogP contribution in [0, 0.1) is 5.92 Å². The Balaban J connectivity index is 1.92. The van der Waals surface area contributed by atoms with E-state index in [2.05, 4.69) is 20.3 Å². The van der Waals surface area contributed by atoms with Crippen LogP contribution in [0.5, 0.6) is 0 Å². The topological polar surface area (TPSA) is 76.7 Å². The summed E-state index contributed by atoms with van der Waals surface area (Å²) < 4.78 is 0. The van der Waals surface area contributed by atoms with E-state index in [9.17, 15) is 0 Å². The molecule has 0 aliphatic carbocycles. The van der Waals surface area contributed by atoms with Gasteiger partial charge < -0.3 is 11.1 Å². The van der Waals surface area contributed by atoms with Crippen LogP contribution in [0.15, 0.2) is 0 Å². The van der Waals surface area contributed by atoms with Gasteiger partial charge in [0.2, 0.25) is 17.2 Å². The van der Waals surface area contributed by atoms with Crippen molar-refractivity contribution >= 4 is 35.3 Å². The van der Waals surface area contributed by atoms with Gasteiger partial charge >= 0.3 is 0 Å². The average Bonchev–Trinajstić information content (AvgIpc) is 2.65. The number of rotatable bonds is 3. The van der Waals surface area contributed by atoms with E-state index in [1.807, 2.05) is 11.8 Å². The molecule has 1 atom stereocenters. The number of hydrogen-bond donors (Lipinski definition) is 2. The summed E-state index contributed by atoms with van der Waals surface area (Å²) in [5.41, 5.74) is 5.45. The lowest BCUT2D eigenvalue weighted by atomic mass is 10.1. The number of nitrogens with one attached hydrogen (secondary N) is 1. The zero-order valence-corrected chi connectivity index (χ0v) is 9.68. The summed E-state index contributed by atoms with van der Waals surface area (Å²) >= 11 is 7.64. The minimum Gasteiger partial charge on any atom is -0.368 e. The Labute approximate surface area is 97.2 Å². The van der Waals surface area contributed by atoms with Crippen molar-refractivity contribution in [3.63, 3.8) is 0 Å². The zero-order chi connectivity index (χ0) is 10.7. The van der Waals surface area contributed by atoms with E-state index in [1.165, 1.54) is 17.9 Å². The molecule has 2 heterocycles. The molecule has 0 aromatic carbocycles. The summed E-state index contributed by atoms with van der Waals surface area (Å²) in [6.45, 7) is 0.868. The largest absolute Gasteiger partial charge is 0.368 e. The standard InChI is InChI=1S/C8H12ClN5S/c9-6-12-7(10)14-8(13-6)11-3-5-1-2-15-4-5/h5H,1-4H2,(H3,10,11,12,13,14). The second-order valence-electron chi connectivity index (χ2n) is 3.40. The van der Waals surface area contributed by atoms with Gasteiger partial charge in [-0.2, -0.15) is 26.7 Å². The molecule has 5 nitrogen and oxygen atoms in total. The maximum Gasteiger partial charge on any atom is 0.228 e. The normalized spacial score (nSPS) is 20.5. The molecule has 15 heavy (non-hydrogen) atoms. The van der Waals surface area contributed by atoms with Gasteiger partial charge in [0.1, 0.15) is 0 Å². The van der Waals surface area contributed by atoms with Crippen molar-refractivity contribution in [1.82, 2.24) is 15.0 Å². The van der Waals surface area contributed by atoms with Crippen molar-refractivity contribution in [2.24, 2.45) is 5.92 Å². The van der Waals surface area contributed by atoms with Crippen LogP contribution in [0.1, 0.15) is 6.42 Å². The third-order valence-corrected chi connectivity index (χ3v) is 3.60. The van der Waals surface area contributed by atoms with Gasteiger partial charge in [-0.15, -0.1) is 0 Å². The molecule has 0 spiro atoms. The molecule has 1 unspecified atom stereocenters. The maximum atomic E-state index is 5.66. The molecular formula is C8H12ClN5S. The molecule has 0 bridgehead atoms. The Kier molecular flexibility index (Phi) is 3.48. The van der Waals surface area contributed by atoms with Gasteiger partial charge in [0.05, 0.1) is 0 Å². The van der Waals surface area contributed by atoms with Gasteiger partial charge in [-0.3, -0.25) is 0 Å². The van der Waals surface area contributed by atoms with Gasteiger partial charge in [0.25, 0.3) is 0 Å². The van der Waals surface area contributed by atoms with Gasteiger partial charge in [-0.1, -0.05) is 0 Å². The van der Waals surface area contributed by atoms with Gasteiger partial charge in [0, 0.05) is 6.54 Å². The molecule has 3 N–H and O–H groups in total. The van der Waals surface area contributed by atoms with Gasteiger partial charge in [-0.25, -0.2) is 0 Å². The van der Waals surface area contributed by atoms with E-state index in [1.54, 1.807) is 0 Å². The van der Waals surface area contributed by atoms with Crippen molar-refractivity contribution in [3.8, 4) is 0 Å². The third kappa shape index (κ3) is 3.10. The fourth-order valence-electron chi connectivity index (χ4n) is 1.42. The van der Waals surface area contributed by atoms with Crippen LogP contribution in [0.3, 0.4) is 0 Å². The summed E-state index contributed by atoms with van der Waals surface area (Å²) in [6, 6.07) is 0.